The average molecular weight is 289 g/mol. The zero-order chi connectivity index (χ0) is 15.5. The van der Waals surface area contributed by atoms with E-state index in [-0.39, 0.29) is 11.5 Å². The van der Waals surface area contributed by atoms with Gasteiger partial charge >= 0.3 is 0 Å². The van der Waals surface area contributed by atoms with Gasteiger partial charge in [-0.1, -0.05) is 45.0 Å². The van der Waals surface area contributed by atoms with Gasteiger partial charge < -0.3 is 10.1 Å². The molecular weight excluding hydrogens is 258 g/mol. The van der Waals surface area contributed by atoms with Crippen LogP contribution in [0.4, 0.5) is 0 Å². The maximum Gasteiger partial charge on any atom is 0.0772 e. The standard InChI is InChI=1S/C19H31NO/c1-19(2,3)18(21-5)17(20-4)13-15-11-8-10-14-9-6-7-12-16(14)15/h6-7,9,12,15,17-18,20H,8,10-11,13H2,1-5H3. The number of hydrogen-bond donors (Lipinski definition) is 1. The molecule has 2 nitrogen and oxygen atoms in total. The highest BCUT2D eigenvalue weighted by molar-refractivity contribution is 5.32. The van der Waals surface area contributed by atoms with Gasteiger partial charge in [-0.05, 0) is 55.2 Å². The van der Waals surface area contributed by atoms with E-state index in [2.05, 4.69) is 57.4 Å². The molecule has 2 heteroatoms. The molecule has 3 unspecified atom stereocenters. The van der Waals surface area contributed by atoms with E-state index in [0.717, 1.165) is 6.42 Å². The van der Waals surface area contributed by atoms with Gasteiger partial charge in [0.15, 0.2) is 0 Å². The van der Waals surface area contributed by atoms with Gasteiger partial charge in [-0.15, -0.1) is 0 Å². The zero-order valence-corrected chi connectivity index (χ0v) is 14.3. The van der Waals surface area contributed by atoms with Gasteiger partial charge in [-0.2, -0.15) is 0 Å². The molecule has 1 aliphatic rings. The Kier molecular flexibility index (Phi) is 5.45. The Morgan fingerprint density at radius 3 is 2.62 bits per heavy atom. The highest BCUT2D eigenvalue weighted by Crippen LogP contribution is 2.37. The Morgan fingerprint density at radius 1 is 1.29 bits per heavy atom. The molecule has 1 aromatic carbocycles. The Labute approximate surface area is 130 Å². The second-order valence-electron chi connectivity index (χ2n) is 7.44. The van der Waals surface area contributed by atoms with Crippen LogP contribution in [0.1, 0.15) is 57.1 Å². The Hall–Kier alpha value is -0.860. The molecule has 1 aliphatic carbocycles. The molecule has 0 fully saturated rings. The Morgan fingerprint density at radius 2 is 2.00 bits per heavy atom. The lowest BCUT2D eigenvalue weighted by molar-refractivity contribution is -0.0133. The molecule has 0 saturated carbocycles. The molecule has 1 aromatic rings. The van der Waals surface area contributed by atoms with E-state index in [4.69, 9.17) is 4.74 Å². The van der Waals surface area contributed by atoms with Gasteiger partial charge in [0, 0.05) is 13.2 Å². The molecule has 0 spiro atoms. The molecule has 0 radical (unpaired) electrons. The van der Waals surface area contributed by atoms with Crippen LogP contribution < -0.4 is 5.32 Å². The lowest BCUT2D eigenvalue weighted by Crippen LogP contribution is -2.47. The number of hydrogen-bond acceptors (Lipinski definition) is 2. The molecule has 0 saturated heterocycles. The largest absolute Gasteiger partial charge is 0.379 e. The monoisotopic (exact) mass is 289 g/mol. The maximum atomic E-state index is 5.83. The SMILES string of the molecule is CNC(CC1CCCc2ccccc21)C(OC)C(C)(C)C. The summed E-state index contributed by atoms with van der Waals surface area (Å²) in [5.41, 5.74) is 3.26. The highest BCUT2D eigenvalue weighted by atomic mass is 16.5. The number of nitrogens with one attached hydrogen (secondary N) is 1. The third-order valence-electron chi connectivity index (χ3n) is 4.88. The number of methoxy groups -OCH3 is 1. The van der Waals surface area contributed by atoms with Crippen LogP contribution >= 0.6 is 0 Å². The van der Waals surface area contributed by atoms with Gasteiger partial charge in [0.25, 0.3) is 0 Å². The van der Waals surface area contributed by atoms with Crippen molar-refractivity contribution >= 4 is 0 Å². The summed E-state index contributed by atoms with van der Waals surface area (Å²) in [7, 11) is 3.91. The number of rotatable bonds is 5. The second kappa shape index (κ2) is 6.93. The summed E-state index contributed by atoms with van der Waals surface area (Å²) in [6, 6.07) is 9.37. The van der Waals surface area contributed by atoms with E-state index in [1.807, 2.05) is 7.11 Å². The summed E-state index contributed by atoms with van der Waals surface area (Å²) in [4.78, 5) is 0. The Bertz CT molecular complexity index is 449. The van der Waals surface area contributed by atoms with Crippen molar-refractivity contribution in [2.45, 2.75) is 64.5 Å². The number of aryl methyl sites for hydroxylation is 1. The fourth-order valence-corrected chi connectivity index (χ4v) is 3.92. The van der Waals surface area contributed by atoms with E-state index < -0.39 is 0 Å². The van der Waals surface area contributed by atoms with E-state index in [9.17, 15) is 0 Å². The fourth-order valence-electron chi connectivity index (χ4n) is 3.92. The van der Waals surface area contributed by atoms with Crippen molar-refractivity contribution in [3.63, 3.8) is 0 Å². The summed E-state index contributed by atoms with van der Waals surface area (Å²) in [5.74, 6) is 0.660. The minimum Gasteiger partial charge on any atom is -0.379 e. The van der Waals surface area contributed by atoms with Gasteiger partial charge in [0.05, 0.1) is 6.10 Å². The van der Waals surface area contributed by atoms with Crippen LogP contribution in [0.2, 0.25) is 0 Å². The highest BCUT2D eigenvalue weighted by Gasteiger charge is 2.34. The van der Waals surface area contributed by atoms with Crippen molar-refractivity contribution in [1.29, 1.82) is 0 Å². The quantitative estimate of drug-likeness (QED) is 0.879. The van der Waals surface area contributed by atoms with Crippen LogP contribution in [0, 0.1) is 5.41 Å². The van der Waals surface area contributed by atoms with Crippen molar-refractivity contribution in [3.05, 3.63) is 35.4 Å². The predicted molar refractivity (Wildman–Crippen MR) is 89.8 cm³/mol. The fraction of sp³-hybridized carbons (Fsp3) is 0.684. The van der Waals surface area contributed by atoms with E-state index in [0.29, 0.717) is 12.0 Å². The summed E-state index contributed by atoms with van der Waals surface area (Å²) in [5, 5.41) is 3.51. The Balaban J connectivity index is 2.16. The molecule has 0 aromatic heterocycles. The molecule has 1 N–H and O–H groups in total. The smallest absolute Gasteiger partial charge is 0.0772 e. The molecule has 2 rings (SSSR count). The second-order valence-corrected chi connectivity index (χ2v) is 7.44. The van der Waals surface area contributed by atoms with Gasteiger partial charge in [-0.3, -0.25) is 0 Å². The predicted octanol–water partition coefficient (Wildman–Crippen LogP) is 4.15. The van der Waals surface area contributed by atoms with E-state index in [1.165, 1.54) is 19.3 Å². The lowest BCUT2D eigenvalue weighted by atomic mass is 9.75. The van der Waals surface area contributed by atoms with Crippen LogP contribution in [0.3, 0.4) is 0 Å². The van der Waals surface area contributed by atoms with E-state index >= 15 is 0 Å². The third kappa shape index (κ3) is 3.87. The van der Waals surface area contributed by atoms with Crippen molar-refractivity contribution in [1.82, 2.24) is 5.32 Å². The molecular formula is C19H31NO. The van der Waals surface area contributed by atoms with Crippen LogP contribution in [0.25, 0.3) is 0 Å². The van der Waals surface area contributed by atoms with Crippen molar-refractivity contribution in [2.75, 3.05) is 14.2 Å². The van der Waals surface area contributed by atoms with Crippen molar-refractivity contribution in [3.8, 4) is 0 Å². The van der Waals surface area contributed by atoms with Crippen LogP contribution in [0.5, 0.6) is 0 Å². The number of ether oxygens (including phenoxy) is 1. The van der Waals surface area contributed by atoms with Crippen LogP contribution in [0.15, 0.2) is 24.3 Å². The summed E-state index contributed by atoms with van der Waals surface area (Å²) in [6.45, 7) is 6.79. The van der Waals surface area contributed by atoms with Crippen LogP contribution in [-0.2, 0) is 11.2 Å². The van der Waals surface area contributed by atoms with Crippen molar-refractivity contribution in [2.24, 2.45) is 5.41 Å². The number of fused-ring (bicyclic) bond motifs is 1. The van der Waals surface area contributed by atoms with Gasteiger partial charge in [0.2, 0.25) is 0 Å². The molecule has 3 atom stereocenters. The van der Waals surface area contributed by atoms with Crippen LogP contribution in [-0.4, -0.2) is 26.3 Å². The normalized spacial score (nSPS) is 21.7. The van der Waals surface area contributed by atoms with E-state index in [1.54, 1.807) is 11.1 Å². The topological polar surface area (TPSA) is 21.3 Å². The van der Waals surface area contributed by atoms with Gasteiger partial charge in [0.1, 0.15) is 0 Å². The molecule has 118 valence electrons. The minimum absolute atomic E-state index is 0.149. The molecule has 0 aliphatic heterocycles. The maximum absolute atomic E-state index is 5.83. The summed E-state index contributed by atoms with van der Waals surface area (Å²) < 4.78 is 5.83. The summed E-state index contributed by atoms with van der Waals surface area (Å²) >= 11 is 0. The molecule has 21 heavy (non-hydrogen) atoms. The lowest BCUT2D eigenvalue weighted by Gasteiger charge is -2.38. The average Bonchev–Trinajstić information content (AvgIpc) is 2.45. The third-order valence-corrected chi connectivity index (χ3v) is 4.88. The number of benzene rings is 1. The van der Waals surface area contributed by atoms with Crippen molar-refractivity contribution < 1.29 is 4.74 Å². The zero-order valence-electron chi connectivity index (χ0n) is 14.3. The molecule has 0 bridgehead atoms. The summed E-state index contributed by atoms with van der Waals surface area (Å²) in [6.07, 6.45) is 5.24. The molecule has 0 amide bonds. The first-order valence-electron chi connectivity index (χ1n) is 8.25. The number of likely N-dealkylation sites (N-methyl/N-ethyl adjacent to an activating group) is 1. The first kappa shape index (κ1) is 16.5. The molecule has 0 heterocycles. The first-order valence-corrected chi connectivity index (χ1v) is 8.25. The van der Waals surface area contributed by atoms with Gasteiger partial charge in [-0.25, -0.2) is 0 Å². The minimum atomic E-state index is 0.149. The first-order chi connectivity index (χ1) is 9.97.